The molecule has 0 saturated heterocycles. The van der Waals surface area contributed by atoms with Gasteiger partial charge in [0.1, 0.15) is 0 Å². The molecule has 1 rings (SSSR count). The molecule has 1 heterocycles. The van der Waals surface area contributed by atoms with Crippen LogP contribution in [0.2, 0.25) is 10.3 Å². The van der Waals surface area contributed by atoms with Crippen molar-refractivity contribution in [3.63, 3.8) is 0 Å². The molecule has 1 aromatic rings. The predicted octanol–water partition coefficient (Wildman–Crippen LogP) is 1.25. The molecule has 0 aliphatic heterocycles. The van der Waals surface area contributed by atoms with Crippen LogP contribution in [0.25, 0.3) is 0 Å². The number of unbranched alkanes of at least 4 members (excludes halogenated alkanes) is 1. The highest BCUT2D eigenvalue weighted by atomic mass is 35.5. The first-order chi connectivity index (χ1) is 7.65. The smallest absolute Gasteiger partial charge is 0.254 e. The summed E-state index contributed by atoms with van der Waals surface area (Å²) >= 11 is 11.3. The summed E-state index contributed by atoms with van der Waals surface area (Å²) in [6, 6.07) is 1.38. The number of halogens is 2. The van der Waals surface area contributed by atoms with Gasteiger partial charge in [0.2, 0.25) is 0 Å². The number of nitrogens with two attached hydrogens (primary N) is 1. The Balaban J connectivity index is 2.55. The SMILES string of the molecule is NCCCCNC(=O)c1cc(Cl)nnc1Cl. The van der Waals surface area contributed by atoms with Gasteiger partial charge in [-0.15, -0.1) is 10.2 Å². The summed E-state index contributed by atoms with van der Waals surface area (Å²) in [6.07, 6.45) is 1.69. The zero-order valence-electron chi connectivity index (χ0n) is 8.54. The molecule has 0 aliphatic rings. The van der Waals surface area contributed by atoms with Crippen molar-refractivity contribution in [2.24, 2.45) is 5.73 Å². The van der Waals surface area contributed by atoms with Crippen LogP contribution in [0.4, 0.5) is 0 Å². The molecule has 0 spiro atoms. The minimum absolute atomic E-state index is 0.0423. The van der Waals surface area contributed by atoms with Gasteiger partial charge in [-0.05, 0) is 25.5 Å². The quantitative estimate of drug-likeness (QED) is 0.783. The molecule has 88 valence electrons. The lowest BCUT2D eigenvalue weighted by atomic mass is 10.2. The largest absolute Gasteiger partial charge is 0.352 e. The number of hydrogen-bond acceptors (Lipinski definition) is 4. The Hall–Kier alpha value is -0.910. The van der Waals surface area contributed by atoms with E-state index in [2.05, 4.69) is 15.5 Å². The molecule has 0 saturated carbocycles. The van der Waals surface area contributed by atoms with Crippen molar-refractivity contribution < 1.29 is 4.79 Å². The minimum Gasteiger partial charge on any atom is -0.352 e. The van der Waals surface area contributed by atoms with E-state index in [1.54, 1.807) is 0 Å². The standard InChI is InChI=1S/C9H12Cl2N4O/c10-7-5-6(8(11)15-14-7)9(16)13-4-2-1-3-12/h5H,1-4,12H2,(H,13,16). The van der Waals surface area contributed by atoms with Gasteiger partial charge in [0, 0.05) is 6.54 Å². The maximum absolute atomic E-state index is 11.6. The topological polar surface area (TPSA) is 80.9 Å². The van der Waals surface area contributed by atoms with E-state index in [0.29, 0.717) is 13.1 Å². The summed E-state index contributed by atoms with van der Waals surface area (Å²) in [5, 5.41) is 9.94. The zero-order valence-corrected chi connectivity index (χ0v) is 10.1. The van der Waals surface area contributed by atoms with Crippen molar-refractivity contribution in [1.29, 1.82) is 0 Å². The second-order valence-electron chi connectivity index (χ2n) is 3.12. The van der Waals surface area contributed by atoms with Crippen LogP contribution in [0.3, 0.4) is 0 Å². The highest BCUT2D eigenvalue weighted by Crippen LogP contribution is 2.14. The van der Waals surface area contributed by atoms with Gasteiger partial charge in [0.15, 0.2) is 10.3 Å². The molecule has 7 heteroatoms. The highest BCUT2D eigenvalue weighted by Gasteiger charge is 2.12. The molecule has 5 nitrogen and oxygen atoms in total. The van der Waals surface area contributed by atoms with Crippen LogP contribution < -0.4 is 11.1 Å². The van der Waals surface area contributed by atoms with Gasteiger partial charge in [-0.1, -0.05) is 23.2 Å². The van der Waals surface area contributed by atoms with Crippen molar-refractivity contribution >= 4 is 29.1 Å². The van der Waals surface area contributed by atoms with E-state index in [0.717, 1.165) is 12.8 Å². The van der Waals surface area contributed by atoms with Gasteiger partial charge in [-0.3, -0.25) is 4.79 Å². The number of rotatable bonds is 5. The first-order valence-electron chi connectivity index (χ1n) is 4.82. The zero-order chi connectivity index (χ0) is 12.0. The highest BCUT2D eigenvalue weighted by molar-refractivity contribution is 6.34. The van der Waals surface area contributed by atoms with Crippen molar-refractivity contribution in [2.45, 2.75) is 12.8 Å². The van der Waals surface area contributed by atoms with Crippen molar-refractivity contribution in [3.8, 4) is 0 Å². The van der Waals surface area contributed by atoms with E-state index >= 15 is 0 Å². The third-order valence-electron chi connectivity index (χ3n) is 1.88. The van der Waals surface area contributed by atoms with Gasteiger partial charge in [-0.25, -0.2) is 0 Å². The molecule has 0 fully saturated rings. The number of hydrogen-bond donors (Lipinski definition) is 2. The Morgan fingerprint density at radius 2 is 2.12 bits per heavy atom. The van der Waals surface area contributed by atoms with Crippen molar-refractivity contribution in [3.05, 3.63) is 21.9 Å². The van der Waals surface area contributed by atoms with E-state index in [1.165, 1.54) is 6.07 Å². The molecule has 1 amide bonds. The number of amides is 1. The Kier molecular flexibility index (Phi) is 5.45. The van der Waals surface area contributed by atoms with Gasteiger partial charge in [0.05, 0.1) is 5.56 Å². The van der Waals surface area contributed by atoms with E-state index in [9.17, 15) is 4.79 Å². The molecule has 0 aliphatic carbocycles. The average Bonchev–Trinajstić information content (AvgIpc) is 2.27. The monoisotopic (exact) mass is 262 g/mol. The molecule has 0 aromatic carbocycles. The first-order valence-corrected chi connectivity index (χ1v) is 5.57. The molecule has 1 aromatic heterocycles. The van der Waals surface area contributed by atoms with Crippen LogP contribution in [0.15, 0.2) is 6.07 Å². The molecule has 3 N–H and O–H groups in total. The van der Waals surface area contributed by atoms with Gasteiger partial charge >= 0.3 is 0 Å². The van der Waals surface area contributed by atoms with Gasteiger partial charge < -0.3 is 11.1 Å². The Morgan fingerprint density at radius 1 is 1.38 bits per heavy atom. The van der Waals surface area contributed by atoms with E-state index < -0.39 is 0 Å². The summed E-state index contributed by atoms with van der Waals surface area (Å²) in [7, 11) is 0. The number of nitrogens with one attached hydrogen (secondary N) is 1. The maximum atomic E-state index is 11.6. The summed E-state index contributed by atoms with van der Waals surface area (Å²) in [4.78, 5) is 11.6. The predicted molar refractivity (Wildman–Crippen MR) is 62.7 cm³/mol. The molecule has 0 unspecified atom stereocenters. The van der Waals surface area contributed by atoms with E-state index in [1.807, 2.05) is 0 Å². The van der Waals surface area contributed by atoms with Gasteiger partial charge in [-0.2, -0.15) is 0 Å². The Morgan fingerprint density at radius 3 is 2.81 bits per heavy atom. The third kappa shape index (κ3) is 3.92. The van der Waals surface area contributed by atoms with Crippen molar-refractivity contribution in [2.75, 3.05) is 13.1 Å². The van der Waals surface area contributed by atoms with Crippen molar-refractivity contribution in [1.82, 2.24) is 15.5 Å². The number of carbonyl (C=O) groups excluding carboxylic acids is 1. The fourth-order valence-corrected chi connectivity index (χ4v) is 1.40. The van der Waals surface area contributed by atoms with Crippen LogP contribution in [0, 0.1) is 0 Å². The van der Waals surface area contributed by atoms with Crippen LogP contribution in [0.5, 0.6) is 0 Å². The lowest BCUT2D eigenvalue weighted by Gasteiger charge is -2.05. The maximum Gasteiger partial charge on any atom is 0.254 e. The van der Waals surface area contributed by atoms with Gasteiger partial charge in [0.25, 0.3) is 5.91 Å². The summed E-state index contributed by atoms with van der Waals surface area (Å²) in [5.74, 6) is -0.307. The molecule has 0 bridgehead atoms. The molecule has 0 atom stereocenters. The Bertz CT molecular complexity index is 373. The molecule has 16 heavy (non-hydrogen) atoms. The first kappa shape index (κ1) is 13.2. The summed E-state index contributed by atoms with van der Waals surface area (Å²) in [5.41, 5.74) is 5.56. The van der Waals surface area contributed by atoms with E-state index in [-0.39, 0.29) is 21.8 Å². The minimum atomic E-state index is -0.307. The van der Waals surface area contributed by atoms with Crippen LogP contribution in [-0.4, -0.2) is 29.2 Å². The fourth-order valence-electron chi connectivity index (χ4n) is 1.08. The summed E-state index contributed by atoms with van der Waals surface area (Å²) < 4.78 is 0. The van der Waals surface area contributed by atoms with E-state index in [4.69, 9.17) is 28.9 Å². The normalized spacial score (nSPS) is 10.2. The second-order valence-corrected chi connectivity index (χ2v) is 3.87. The van der Waals surface area contributed by atoms with Crippen LogP contribution >= 0.6 is 23.2 Å². The third-order valence-corrected chi connectivity index (χ3v) is 2.34. The number of nitrogens with zero attached hydrogens (tertiary/aromatic N) is 2. The average molecular weight is 263 g/mol. The lowest BCUT2D eigenvalue weighted by molar-refractivity contribution is 0.0952. The number of aromatic nitrogens is 2. The lowest BCUT2D eigenvalue weighted by Crippen LogP contribution is -2.25. The van der Waals surface area contributed by atoms with Crippen LogP contribution in [-0.2, 0) is 0 Å². The number of carbonyl (C=O) groups is 1. The Labute approximate surface area is 103 Å². The molecular formula is C9H12Cl2N4O. The molecular weight excluding hydrogens is 251 g/mol. The second kappa shape index (κ2) is 6.62. The summed E-state index contributed by atoms with van der Waals surface area (Å²) in [6.45, 7) is 1.16. The molecule has 0 radical (unpaired) electrons. The fraction of sp³-hybridized carbons (Fsp3) is 0.444. The van der Waals surface area contributed by atoms with Crippen LogP contribution in [0.1, 0.15) is 23.2 Å².